The van der Waals surface area contributed by atoms with E-state index in [1.54, 1.807) is 0 Å². The molecule has 0 aliphatic heterocycles. The fourth-order valence-electron chi connectivity index (χ4n) is 2.04. The van der Waals surface area contributed by atoms with Crippen molar-refractivity contribution >= 4 is 15.8 Å². The zero-order valence-electron chi connectivity index (χ0n) is 10.2. The van der Waals surface area contributed by atoms with Crippen molar-refractivity contribution in [2.24, 2.45) is 5.92 Å². The molecule has 2 rings (SSSR count). The molecule has 0 saturated heterocycles. The monoisotopic (exact) mass is 271 g/mol. The molecule has 0 atom stereocenters. The molecule has 100 valence electrons. The van der Waals surface area contributed by atoms with Crippen LogP contribution in [-0.2, 0) is 10.0 Å². The number of hydrogen-bond donors (Lipinski definition) is 2. The van der Waals surface area contributed by atoms with Crippen LogP contribution in [0.15, 0.2) is 23.2 Å². The van der Waals surface area contributed by atoms with Gasteiger partial charge in [0.15, 0.2) is 0 Å². The predicted molar refractivity (Wildman–Crippen MR) is 67.2 cm³/mol. The van der Waals surface area contributed by atoms with Gasteiger partial charge in [-0.15, -0.1) is 0 Å². The van der Waals surface area contributed by atoms with E-state index in [0.29, 0.717) is 25.2 Å². The first kappa shape index (κ1) is 13.3. The smallest absolute Gasteiger partial charge is 0.244 e. The first-order valence-electron chi connectivity index (χ1n) is 5.75. The number of pyridine rings is 1. The van der Waals surface area contributed by atoms with Crippen LogP contribution in [-0.4, -0.2) is 42.5 Å². The van der Waals surface area contributed by atoms with Crippen molar-refractivity contribution in [1.29, 1.82) is 0 Å². The Morgan fingerprint density at radius 2 is 2.17 bits per heavy atom. The number of nitrogens with two attached hydrogens (primary N) is 1. The van der Waals surface area contributed by atoms with E-state index in [2.05, 4.69) is 4.98 Å². The number of aromatic nitrogens is 1. The molecule has 1 heterocycles. The zero-order valence-corrected chi connectivity index (χ0v) is 11.0. The van der Waals surface area contributed by atoms with Crippen molar-refractivity contribution in [3.05, 3.63) is 18.3 Å². The summed E-state index contributed by atoms with van der Waals surface area (Å²) in [5.74, 6) is 0.528. The fourth-order valence-corrected chi connectivity index (χ4v) is 3.23. The molecule has 1 fully saturated rings. The Balaban J connectivity index is 2.08. The van der Waals surface area contributed by atoms with Gasteiger partial charge in [-0.05, 0) is 30.9 Å². The van der Waals surface area contributed by atoms with Crippen molar-refractivity contribution in [1.82, 2.24) is 9.29 Å². The molecule has 18 heavy (non-hydrogen) atoms. The topological polar surface area (TPSA) is 96.5 Å². The Kier molecular flexibility index (Phi) is 3.56. The average Bonchev–Trinajstić information content (AvgIpc) is 2.27. The van der Waals surface area contributed by atoms with Crippen molar-refractivity contribution < 1.29 is 13.5 Å². The van der Waals surface area contributed by atoms with Crippen molar-refractivity contribution in [2.75, 3.05) is 19.3 Å². The number of sulfonamides is 1. The number of aliphatic hydroxyl groups excluding tert-OH is 1. The lowest BCUT2D eigenvalue weighted by molar-refractivity contribution is 0.0367. The van der Waals surface area contributed by atoms with Crippen molar-refractivity contribution in [2.45, 2.75) is 23.8 Å². The van der Waals surface area contributed by atoms with E-state index in [-0.39, 0.29) is 16.9 Å². The Labute approximate surface area is 106 Å². The summed E-state index contributed by atoms with van der Waals surface area (Å²) >= 11 is 0. The average molecular weight is 271 g/mol. The van der Waals surface area contributed by atoms with E-state index in [1.807, 2.05) is 0 Å². The summed E-state index contributed by atoms with van der Waals surface area (Å²) in [7, 11) is -1.97. The minimum atomic E-state index is -3.51. The number of rotatable bonds is 4. The highest BCUT2D eigenvalue weighted by Gasteiger charge is 2.31. The molecule has 0 spiro atoms. The first-order chi connectivity index (χ1) is 8.39. The normalized spacial score (nSPS) is 23.9. The lowest BCUT2D eigenvalue weighted by atomic mass is 9.82. The van der Waals surface area contributed by atoms with Gasteiger partial charge in [0.25, 0.3) is 0 Å². The van der Waals surface area contributed by atoms with Crippen LogP contribution in [0.25, 0.3) is 0 Å². The van der Waals surface area contributed by atoms with Gasteiger partial charge in [-0.2, -0.15) is 0 Å². The fraction of sp³-hybridized carbons (Fsp3) is 0.545. The third-order valence-electron chi connectivity index (χ3n) is 3.19. The standard InChI is InChI=1S/C11H17N3O3S/c1-14(7-8-4-9(15)5-8)18(16,17)10-2-3-11(12)13-6-10/h2-3,6,8-9,15H,4-5,7H2,1H3,(H2,12,13). The van der Waals surface area contributed by atoms with Gasteiger partial charge in [-0.3, -0.25) is 0 Å². The van der Waals surface area contributed by atoms with E-state index in [1.165, 1.54) is 29.7 Å². The maximum atomic E-state index is 12.2. The molecule has 0 bridgehead atoms. The van der Waals surface area contributed by atoms with E-state index >= 15 is 0 Å². The Hall–Kier alpha value is -1.18. The Morgan fingerprint density at radius 1 is 1.50 bits per heavy atom. The molecule has 1 aromatic heterocycles. The lowest BCUT2D eigenvalue weighted by Crippen LogP contribution is -2.39. The molecule has 0 amide bonds. The van der Waals surface area contributed by atoms with E-state index in [4.69, 9.17) is 5.73 Å². The molecule has 1 aromatic rings. The predicted octanol–water partition coefficient (Wildman–Crippen LogP) is 0.0552. The van der Waals surface area contributed by atoms with Crippen LogP contribution in [0.1, 0.15) is 12.8 Å². The van der Waals surface area contributed by atoms with Gasteiger partial charge in [0.05, 0.1) is 6.10 Å². The van der Waals surface area contributed by atoms with Crippen molar-refractivity contribution in [3.8, 4) is 0 Å². The van der Waals surface area contributed by atoms with Gasteiger partial charge in [-0.25, -0.2) is 17.7 Å². The molecule has 1 aliphatic carbocycles. The summed E-state index contributed by atoms with van der Waals surface area (Å²) in [5.41, 5.74) is 5.43. The Bertz CT molecular complexity index is 509. The Morgan fingerprint density at radius 3 is 2.67 bits per heavy atom. The van der Waals surface area contributed by atoms with Gasteiger partial charge >= 0.3 is 0 Å². The molecule has 0 unspecified atom stereocenters. The van der Waals surface area contributed by atoms with Gasteiger partial charge in [0, 0.05) is 19.8 Å². The summed E-state index contributed by atoms with van der Waals surface area (Å²) in [6, 6.07) is 2.91. The van der Waals surface area contributed by atoms with E-state index < -0.39 is 10.0 Å². The molecule has 3 N–H and O–H groups in total. The van der Waals surface area contributed by atoms with E-state index in [0.717, 1.165) is 0 Å². The quantitative estimate of drug-likeness (QED) is 0.807. The van der Waals surface area contributed by atoms with Crippen molar-refractivity contribution in [3.63, 3.8) is 0 Å². The summed E-state index contributed by atoms with van der Waals surface area (Å²) in [5, 5.41) is 9.19. The second-order valence-electron chi connectivity index (χ2n) is 4.70. The van der Waals surface area contributed by atoms with E-state index in [9.17, 15) is 13.5 Å². The number of hydrogen-bond acceptors (Lipinski definition) is 5. The van der Waals surface area contributed by atoms with Gasteiger partial charge in [0.2, 0.25) is 10.0 Å². The van der Waals surface area contributed by atoms with Gasteiger partial charge in [-0.1, -0.05) is 0 Å². The summed E-state index contributed by atoms with van der Waals surface area (Å²) < 4.78 is 25.7. The maximum Gasteiger partial charge on any atom is 0.244 e. The van der Waals surface area contributed by atoms with Crippen LogP contribution in [0.4, 0.5) is 5.82 Å². The zero-order chi connectivity index (χ0) is 13.3. The van der Waals surface area contributed by atoms with Crippen LogP contribution in [0.5, 0.6) is 0 Å². The number of nitrogens with zero attached hydrogens (tertiary/aromatic N) is 2. The number of nitrogen functional groups attached to an aromatic ring is 1. The molecule has 1 saturated carbocycles. The third kappa shape index (κ3) is 2.63. The maximum absolute atomic E-state index is 12.2. The number of aliphatic hydroxyl groups is 1. The summed E-state index contributed by atoms with van der Waals surface area (Å²) in [6.07, 6.45) is 2.32. The molecule has 1 aliphatic rings. The highest BCUT2D eigenvalue weighted by molar-refractivity contribution is 7.89. The van der Waals surface area contributed by atoms with Crippen LogP contribution >= 0.6 is 0 Å². The van der Waals surface area contributed by atoms with Gasteiger partial charge in [0.1, 0.15) is 10.7 Å². The highest BCUT2D eigenvalue weighted by Crippen LogP contribution is 2.29. The van der Waals surface area contributed by atoms with Crippen LogP contribution in [0.3, 0.4) is 0 Å². The van der Waals surface area contributed by atoms with Crippen LogP contribution < -0.4 is 5.73 Å². The first-order valence-corrected chi connectivity index (χ1v) is 7.19. The molecule has 0 radical (unpaired) electrons. The van der Waals surface area contributed by atoms with Crippen LogP contribution in [0, 0.1) is 5.92 Å². The third-order valence-corrected chi connectivity index (χ3v) is 5.00. The SMILES string of the molecule is CN(CC1CC(O)C1)S(=O)(=O)c1ccc(N)nc1. The molecule has 0 aromatic carbocycles. The summed E-state index contributed by atoms with van der Waals surface area (Å²) in [4.78, 5) is 3.92. The minimum absolute atomic E-state index is 0.138. The molecular weight excluding hydrogens is 254 g/mol. The molecule has 7 heteroatoms. The number of anilines is 1. The lowest BCUT2D eigenvalue weighted by Gasteiger charge is -2.34. The largest absolute Gasteiger partial charge is 0.393 e. The molecular formula is C11H17N3O3S. The highest BCUT2D eigenvalue weighted by atomic mass is 32.2. The summed E-state index contributed by atoms with van der Waals surface area (Å²) in [6.45, 7) is 0.420. The second-order valence-corrected chi connectivity index (χ2v) is 6.74. The molecule has 6 nitrogen and oxygen atoms in total. The van der Waals surface area contributed by atoms with Crippen LogP contribution in [0.2, 0.25) is 0 Å². The second kappa shape index (κ2) is 4.83. The minimum Gasteiger partial charge on any atom is -0.393 e. The van der Waals surface area contributed by atoms with Gasteiger partial charge < -0.3 is 10.8 Å².